The second-order valence-corrected chi connectivity index (χ2v) is 8.85. The first kappa shape index (κ1) is 20.1. The van der Waals surface area contributed by atoms with Gasteiger partial charge >= 0.3 is 0 Å². The number of aromatic nitrogens is 1. The third-order valence-electron chi connectivity index (χ3n) is 4.58. The summed E-state index contributed by atoms with van der Waals surface area (Å²) in [6.45, 7) is 1.99. The summed E-state index contributed by atoms with van der Waals surface area (Å²) in [5.74, 6) is -0.235. The summed E-state index contributed by atoms with van der Waals surface area (Å²) in [6, 6.07) is 20.8. The number of hydrogen-bond donors (Lipinski definition) is 1. The molecule has 29 heavy (non-hydrogen) atoms. The van der Waals surface area contributed by atoms with E-state index in [9.17, 15) is 4.79 Å². The smallest absolute Gasteiger partial charge is 0.256 e. The van der Waals surface area contributed by atoms with Gasteiger partial charge in [0, 0.05) is 19.9 Å². The number of para-hydroxylation sites is 1. The minimum absolute atomic E-state index is 0.235. The van der Waals surface area contributed by atoms with Crippen LogP contribution in [0.5, 0.6) is 0 Å². The molecule has 1 N–H and O–H groups in total. The fraction of sp³-hybridized carbons (Fsp3) is 0.0435. The fourth-order valence-electron chi connectivity index (χ4n) is 3.17. The minimum Gasteiger partial charge on any atom is -0.321 e. The number of carbonyl (C=O) groups excluding carboxylic acids is 1. The van der Waals surface area contributed by atoms with E-state index in [1.807, 2.05) is 61.5 Å². The normalized spacial score (nSPS) is 10.9. The number of carbonyl (C=O) groups is 1. The molecule has 0 aliphatic heterocycles. The van der Waals surface area contributed by atoms with Crippen molar-refractivity contribution in [3.63, 3.8) is 0 Å². The van der Waals surface area contributed by atoms with Gasteiger partial charge in [0.15, 0.2) is 0 Å². The Morgan fingerprint density at radius 2 is 1.69 bits per heavy atom. The molecule has 0 saturated carbocycles. The van der Waals surface area contributed by atoms with E-state index in [4.69, 9.17) is 16.6 Å². The molecule has 0 saturated heterocycles. The molecule has 4 aromatic rings. The van der Waals surface area contributed by atoms with Crippen LogP contribution in [0.3, 0.4) is 0 Å². The lowest BCUT2D eigenvalue weighted by Gasteiger charge is -2.13. The molecule has 144 valence electrons. The van der Waals surface area contributed by atoms with Crippen LogP contribution in [0.1, 0.15) is 15.9 Å². The van der Waals surface area contributed by atoms with Gasteiger partial charge in [0.2, 0.25) is 0 Å². The molecule has 0 unspecified atom stereocenters. The highest BCUT2D eigenvalue weighted by Crippen LogP contribution is 2.31. The maximum atomic E-state index is 13.2. The zero-order valence-electron chi connectivity index (χ0n) is 15.3. The van der Waals surface area contributed by atoms with Gasteiger partial charge in [-0.25, -0.2) is 4.98 Å². The largest absolute Gasteiger partial charge is 0.321 e. The first-order valence-corrected chi connectivity index (χ1v) is 10.8. The lowest BCUT2D eigenvalue weighted by Crippen LogP contribution is -2.13. The zero-order valence-corrected chi connectivity index (χ0v) is 19.3. The highest BCUT2D eigenvalue weighted by atomic mass is 79.9. The highest BCUT2D eigenvalue weighted by Gasteiger charge is 2.17. The number of fused-ring (bicyclic) bond motifs is 1. The van der Waals surface area contributed by atoms with E-state index in [0.717, 1.165) is 36.7 Å². The molecule has 1 heterocycles. The van der Waals surface area contributed by atoms with Gasteiger partial charge in [0.25, 0.3) is 5.91 Å². The average molecular weight is 531 g/mol. The van der Waals surface area contributed by atoms with Crippen LogP contribution < -0.4 is 5.32 Å². The number of aryl methyl sites for hydroxylation is 1. The Balaban J connectivity index is 1.89. The number of anilines is 1. The molecule has 3 aromatic carbocycles. The van der Waals surface area contributed by atoms with Crippen LogP contribution in [-0.4, -0.2) is 10.9 Å². The van der Waals surface area contributed by atoms with E-state index in [0.29, 0.717) is 16.3 Å². The van der Waals surface area contributed by atoms with Crippen molar-refractivity contribution in [1.82, 2.24) is 4.98 Å². The summed E-state index contributed by atoms with van der Waals surface area (Å²) in [6.07, 6.45) is 0. The van der Waals surface area contributed by atoms with Gasteiger partial charge < -0.3 is 5.32 Å². The molecule has 0 spiro atoms. The molecule has 0 radical (unpaired) electrons. The molecular formula is C23H15Br2ClN2O. The number of rotatable bonds is 3. The monoisotopic (exact) mass is 528 g/mol. The minimum atomic E-state index is -0.235. The van der Waals surface area contributed by atoms with Gasteiger partial charge in [-0.05, 0) is 55.0 Å². The second kappa shape index (κ2) is 8.27. The van der Waals surface area contributed by atoms with Crippen LogP contribution >= 0.6 is 43.5 Å². The van der Waals surface area contributed by atoms with Crippen molar-refractivity contribution in [2.75, 3.05) is 5.32 Å². The van der Waals surface area contributed by atoms with E-state index in [1.54, 1.807) is 12.1 Å². The number of benzene rings is 3. The topological polar surface area (TPSA) is 42.0 Å². The van der Waals surface area contributed by atoms with Crippen molar-refractivity contribution < 1.29 is 4.79 Å². The third-order valence-corrected chi connectivity index (χ3v) is 5.89. The van der Waals surface area contributed by atoms with Gasteiger partial charge in [-0.15, -0.1) is 0 Å². The van der Waals surface area contributed by atoms with E-state index in [1.165, 1.54) is 0 Å². The lowest BCUT2D eigenvalue weighted by atomic mass is 10.0. The zero-order chi connectivity index (χ0) is 20.5. The molecule has 0 atom stereocenters. The van der Waals surface area contributed by atoms with Gasteiger partial charge in [0.1, 0.15) is 0 Å². The molecule has 0 aliphatic carbocycles. The lowest BCUT2D eigenvalue weighted by molar-refractivity contribution is 0.102. The second-order valence-electron chi connectivity index (χ2n) is 6.61. The SMILES string of the molecule is Cc1cc(Br)cc2c(C(=O)Nc3ccccc3Cl)cc(-c3ccc(Br)cc3)nc12. The van der Waals surface area contributed by atoms with Crippen LogP contribution in [0.15, 0.2) is 75.7 Å². The van der Waals surface area contributed by atoms with Crippen LogP contribution in [-0.2, 0) is 0 Å². The van der Waals surface area contributed by atoms with Crippen molar-refractivity contribution in [1.29, 1.82) is 0 Å². The average Bonchev–Trinajstić information content (AvgIpc) is 2.69. The number of nitrogens with one attached hydrogen (secondary N) is 1. The van der Waals surface area contributed by atoms with Crippen LogP contribution in [0.25, 0.3) is 22.2 Å². The first-order chi connectivity index (χ1) is 13.9. The van der Waals surface area contributed by atoms with Crippen molar-refractivity contribution in [3.8, 4) is 11.3 Å². The Kier molecular flexibility index (Phi) is 5.72. The number of amides is 1. The van der Waals surface area contributed by atoms with Crippen molar-refractivity contribution in [2.45, 2.75) is 6.92 Å². The molecule has 0 bridgehead atoms. The Morgan fingerprint density at radius 1 is 0.966 bits per heavy atom. The van der Waals surface area contributed by atoms with Gasteiger partial charge in [-0.3, -0.25) is 4.79 Å². The van der Waals surface area contributed by atoms with E-state index >= 15 is 0 Å². The molecule has 4 rings (SSSR count). The number of nitrogens with zero attached hydrogens (tertiary/aromatic N) is 1. The molecule has 0 fully saturated rings. The number of hydrogen-bond acceptors (Lipinski definition) is 2. The standard InChI is InChI=1S/C23H15Br2ClN2O/c1-13-10-16(25)11-17-18(23(29)28-20-5-3-2-4-19(20)26)12-21(27-22(13)17)14-6-8-15(24)9-7-14/h2-12H,1H3,(H,28,29). The van der Waals surface area contributed by atoms with Crippen LogP contribution in [0, 0.1) is 6.92 Å². The number of halogens is 3. The Hall–Kier alpha value is -2.21. The molecule has 1 amide bonds. The summed E-state index contributed by atoms with van der Waals surface area (Å²) in [4.78, 5) is 18.1. The van der Waals surface area contributed by atoms with Crippen molar-refractivity contribution in [3.05, 3.63) is 91.8 Å². The van der Waals surface area contributed by atoms with Gasteiger partial charge in [0.05, 0.1) is 27.5 Å². The van der Waals surface area contributed by atoms with E-state index < -0.39 is 0 Å². The molecule has 0 aliphatic rings. The van der Waals surface area contributed by atoms with E-state index in [-0.39, 0.29) is 5.91 Å². The summed E-state index contributed by atoms with van der Waals surface area (Å²) >= 11 is 13.2. The van der Waals surface area contributed by atoms with Crippen molar-refractivity contribution in [2.24, 2.45) is 0 Å². The first-order valence-electron chi connectivity index (χ1n) is 8.85. The summed E-state index contributed by atoms with van der Waals surface area (Å²) in [7, 11) is 0. The molecule has 6 heteroatoms. The van der Waals surface area contributed by atoms with Crippen LogP contribution in [0.2, 0.25) is 5.02 Å². The molecule has 3 nitrogen and oxygen atoms in total. The third kappa shape index (κ3) is 4.22. The quantitative estimate of drug-likeness (QED) is 0.296. The van der Waals surface area contributed by atoms with Crippen LogP contribution in [0.4, 0.5) is 5.69 Å². The highest BCUT2D eigenvalue weighted by molar-refractivity contribution is 9.10. The summed E-state index contributed by atoms with van der Waals surface area (Å²) < 4.78 is 1.88. The molecular weight excluding hydrogens is 516 g/mol. The van der Waals surface area contributed by atoms with Gasteiger partial charge in [-0.2, -0.15) is 0 Å². The maximum absolute atomic E-state index is 13.2. The summed E-state index contributed by atoms with van der Waals surface area (Å²) in [5, 5.41) is 4.19. The maximum Gasteiger partial charge on any atom is 0.256 e. The summed E-state index contributed by atoms with van der Waals surface area (Å²) in [5.41, 5.74) is 4.56. The predicted molar refractivity (Wildman–Crippen MR) is 127 cm³/mol. The Bertz CT molecular complexity index is 1240. The Morgan fingerprint density at radius 3 is 2.41 bits per heavy atom. The van der Waals surface area contributed by atoms with Gasteiger partial charge in [-0.1, -0.05) is 67.7 Å². The van der Waals surface area contributed by atoms with E-state index in [2.05, 4.69) is 37.2 Å². The number of pyridine rings is 1. The molecule has 1 aromatic heterocycles. The van der Waals surface area contributed by atoms with Crippen molar-refractivity contribution >= 4 is 66.0 Å². The fourth-order valence-corrected chi connectivity index (χ4v) is 4.18. The Labute approximate surface area is 190 Å². The predicted octanol–water partition coefficient (Wildman–Crippen LogP) is 7.64.